The van der Waals surface area contributed by atoms with Crippen molar-refractivity contribution in [3.05, 3.63) is 96.1 Å². The molecule has 4 aromatic rings. The van der Waals surface area contributed by atoms with E-state index in [4.69, 9.17) is 9.72 Å². The molecule has 0 aliphatic heterocycles. The van der Waals surface area contributed by atoms with Gasteiger partial charge in [-0.2, -0.15) is 0 Å². The Kier molecular flexibility index (Phi) is 4.68. The lowest BCUT2D eigenvalue weighted by Gasteiger charge is -2.16. The molecule has 4 nitrogen and oxygen atoms in total. The Labute approximate surface area is 162 Å². The lowest BCUT2D eigenvalue weighted by molar-refractivity contribution is -0.131. The summed E-state index contributed by atoms with van der Waals surface area (Å²) in [6.45, 7) is 1.33. The minimum Gasteiger partial charge on any atom is -0.425 e. The molecule has 4 rings (SSSR count). The van der Waals surface area contributed by atoms with Gasteiger partial charge in [-0.25, -0.2) is 4.98 Å². The van der Waals surface area contributed by atoms with Gasteiger partial charge >= 0.3 is 5.97 Å². The number of carbonyl (C=O) groups is 2. The summed E-state index contributed by atoms with van der Waals surface area (Å²) in [4.78, 5) is 30.1. The summed E-state index contributed by atoms with van der Waals surface area (Å²) in [6, 6.07) is 25.7. The van der Waals surface area contributed by atoms with Gasteiger partial charge in [0.15, 0.2) is 11.5 Å². The number of aromatic nitrogens is 1. The predicted octanol–water partition coefficient (Wildman–Crippen LogP) is 5.06. The number of hydrogen-bond acceptors (Lipinski definition) is 4. The number of esters is 1. The van der Waals surface area contributed by atoms with Gasteiger partial charge in [0.2, 0.25) is 0 Å². The van der Waals surface area contributed by atoms with Crippen molar-refractivity contribution in [3.8, 4) is 17.0 Å². The first-order chi connectivity index (χ1) is 13.6. The Balaban J connectivity index is 2.09. The third-order valence-corrected chi connectivity index (χ3v) is 4.40. The van der Waals surface area contributed by atoms with E-state index >= 15 is 0 Å². The van der Waals surface area contributed by atoms with Gasteiger partial charge in [0.05, 0.1) is 16.8 Å². The molecular formula is C24H17NO3. The smallest absolute Gasteiger partial charge is 0.308 e. The van der Waals surface area contributed by atoms with Gasteiger partial charge < -0.3 is 4.74 Å². The van der Waals surface area contributed by atoms with E-state index in [0.29, 0.717) is 22.2 Å². The van der Waals surface area contributed by atoms with Crippen molar-refractivity contribution in [2.75, 3.05) is 0 Å². The Bertz CT molecular complexity index is 1170. The van der Waals surface area contributed by atoms with Crippen molar-refractivity contribution < 1.29 is 14.3 Å². The summed E-state index contributed by atoms with van der Waals surface area (Å²) in [7, 11) is 0. The summed E-state index contributed by atoms with van der Waals surface area (Å²) in [5.41, 5.74) is 2.71. The minimum atomic E-state index is -0.488. The largest absolute Gasteiger partial charge is 0.425 e. The molecule has 136 valence electrons. The number of ketones is 1. The van der Waals surface area contributed by atoms with Crippen LogP contribution in [0.2, 0.25) is 0 Å². The minimum absolute atomic E-state index is 0.241. The quantitative estimate of drug-likeness (QED) is 0.374. The van der Waals surface area contributed by atoms with Crippen LogP contribution in [0.25, 0.3) is 22.2 Å². The molecule has 0 bridgehead atoms. The molecule has 1 heterocycles. The first kappa shape index (κ1) is 17.6. The first-order valence-corrected chi connectivity index (χ1v) is 8.91. The highest BCUT2D eigenvalue weighted by atomic mass is 16.5. The molecule has 0 saturated heterocycles. The highest BCUT2D eigenvalue weighted by Gasteiger charge is 2.25. The second-order valence-corrected chi connectivity index (χ2v) is 6.34. The molecule has 0 unspecified atom stereocenters. The van der Waals surface area contributed by atoms with Crippen molar-refractivity contribution in [2.45, 2.75) is 6.92 Å². The zero-order valence-electron chi connectivity index (χ0n) is 15.3. The monoisotopic (exact) mass is 367 g/mol. The van der Waals surface area contributed by atoms with E-state index in [1.165, 1.54) is 6.92 Å². The van der Waals surface area contributed by atoms with Crippen LogP contribution in [0.1, 0.15) is 22.8 Å². The van der Waals surface area contributed by atoms with Gasteiger partial charge in [-0.1, -0.05) is 72.8 Å². The van der Waals surface area contributed by atoms with E-state index in [9.17, 15) is 9.59 Å². The van der Waals surface area contributed by atoms with Crippen molar-refractivity contribution >= 4 is 22.7 Å². The van der Waals surface area contributed by atoms with Crippen molar-refractivity contribution in [3.63, 3.8) is 0 Å². The van der Waals surface area contributed by atoms with E-state index in [1.54, 1.807) is 30.3 Å². The molecule has 0 amide bonds. The Morgan fingerprint density at radius 3 is 2.07 bits per heavy atom. The molecule has 0 radical (unpaired) electrons. The normalized spacial score (nSPS) is 10.6. The van der Waals surface area contributed by atoms with Crippen LogP contribution in [-0.4, -0.2) is 16.7 Å². The number of pyridine rings is 1. The van der Waals surface area contributed by atoms with Crippen molar-refractivity contribution in [1.29, 1.82) is 0 Å². The van der Waals surface area contributed by atoms with Gasteiger partial charge in [0.25, 0.3) is 0 Å². The number of ether oxygens (including phenoxy) is 1. The topological polar surface area (TPSA) is 56.3 Å². The summed E-state index contributed by atoms with van der Waals surface area (Å²) in [6.07, 6.45) is 0. The fraction of sp³-hybridized carbons (Fsp3) is 0.0417. The summed E-state index contributed by atoms with van der Waals surface area (Å²) in [5, 5.41) is 0.622. The molecule has 0 N–H and O–H groups in total. The van der Waals surface area contributed by atoms with Gasteiger partial charge in [-0.15, -0.1) is 0 Å². The average molecular weight is 367 g/mol. The van der Waals surface area contributed by atoms with Crippen LogP contribution in [0.5, 0.6) is 5.75 Å². The number of hydrogen-bond donors (Lipinski definition) is 0. The lowest BCUT2D eigenvalue weighted by atomic mass is 9.95. The maximum absolute atomic E-state index is 13.5. The van der Waals surface area contributed by atoms with Crippen LogP contribution in [0.15, 0.2) is 84.9 Å². The van der Waals surface area contributed by atoms with Crippen LogP contribution in [0.3, 0.4) is 0 Å². The van der Waals surface area contributed by atoms with Crippen LogP contribution in [-0.2, 0) is 4.79 Å². The molecule has 0 aliphatic carbocycles. The third kappa shape index (κ3) is 3.28. The van der Waals surface area contributed by atoms with Crippen LogP contribution in [0.4, 0.5) is 0 Å². The van der Waals surface area contributed by atoms with E-state index in [-0.39, 0.29) is 17.1 Å². The SMILES string of the molecule is CC(=O)Oc1c(C(=O)c2ccccc2)c(-c2ccccc2)nc2ccccc12. The third-order valence-electron chi connectivity index (χ3n) is 4.40. The molecule has 3 aromatic carbocycles. The Morgan fingerprint density at radius 2 is 1.39 bits per heavy atom. The molecule has 0 saturated carbocycles. The molecule has 0 atom stereocenters. The average Bonchev–Trinajstić information content (AvgIpc) is 2.74. The van der Waals surface area contributed by atoms with Crippen LogP contribution < -0.4 is 4.74 Å². The molecule has 0 fully saturated rings. The van der Waals surface area contributed by atoms with Crippen LogP contribution >= 0.6 is 0 Å². The summed E-state index contributed by atoms with van der Waals surface area (Å²) >= 11 is 0. The van der Waals surface area contributed by atoms with Crippen molar-refractivity contribution in [1.82, 2.24) is 4.98 Å². The summed E-state index contributed by atoms with van der Waals surface area (Å²) in [5.74, 6) is -0.489. The zero-order valence-corrected chi connectivity index (χ0v) is 15.3. The van der Waals surface area contributed by atoms with Crippen molar-refractivity contribution in [2.24, 2.45) is 0 Å². The highest BCUT2D eigenvalue weighted by molar-refractivity contribution is 6.17. The maximum Gasteiger partial charge on any atom is 0.308 e. The molecule has 4 heteroatoms. The second kappa shape index (κ2) is 7.45. The standard InChI is InChI=1S/C24H17NO3/c1-16(26)28-24-19-14-8-9-15-20(19)25-22(17-10-4-2-5-11-17)21(24)23(27)18-12-6-3-7-13-18/h2-15H,1H3. The maximum atomic E-state index is 13.5. The number of fused-ring (bicyclic) bond motifs is 1. The second-order valence-electron chi connectivity index (χ2n) is 6.34. The first-order valence-electron chi connectivity index (χ1n) is 8.91. The fourth-order valence-electron chi connectivity index (χ4n) is 3.18. The van der Waals surface area contributed by atoms with E-state index in [1.807, 2.05) is 54.6 Å². The van der Waals surface area contributed by atoms with Gasteiger partial charge in [0.1, 0.15) is 0 Å². The molecule has 28 heavy (non-hydrogen) atoms. The van der Waals surface area contributed by atoms with E-state index in [2.05, 4.69) is 0 Å². The Morgan fingerprint density at radius 1 is 0.786 bits per heavy atom. The fourth-order valence-corrected chi connectivity index (χ4v) is 3.18. The highest BCUT2D eigenvalue weighted by Crippen LogP contribution is 2.37. The lowest BCUT2D eigenvalue weighted by Crippen LogP contribution is -2.12. The van der Waals surface area contributed by atoms with E-state index < -0.39 is 5.97 Å². The number of para-hydroxylation sites is 1. The van der Waals surface area contributed by atoms with Gasteiger partial charge in [0, 0.05) is 23.4 Å². The zero-order chi connectivity index (χ0) is 19.5. The van der Waals surface area contributed by atoms with Crippen LogP contribution in [0, 0.1) is 0 Å². The number of nitrogens with zero attached hydrogens (tertiary/aromatic N) is 1. The predicted molar refractivity (Wildman–Crippen MR) is 108 cm³/mol. The number of benzene rings is 3. The van der Waals surface area contributed by atoms with E-state index in [0.717, 1.165) is 5.56 Å². The van der Waals surface area contributed by atoms with Gasteiger partial charge in [-0.05, 0) is 12.1 Å². The molecular weight excluding hydrogens is 350 g/mol. The number of rotatable bonds is 4. The molecule has 1 aromatic heterocycles. The molecule has 0 aliphatic rings. The number of carbonyl (C=O) groups excluding carboxylic acids is 2. The Hall–Kier alpha value is -3.79. The van der Waals surface area contributed by atoms with Gasteiger partial charge in [-0.3, -0.25) is 9.59 Å². The summed E-state index contributed by atoms with van der Waals surface area (Å²) < 4.78 is 5.56. The molecule has 0 spiro atoms.